The third-order valence-corrected chi connectivity index (χ3v) is 4.00. The fraction of sp³-hybridized carbons (Fsp3) is 0.238. The molecule has 0 saturated carbocycles. The van der Waals surface area contributed by atoms with Gasteiger partial charge in [0.2, 0.25) is 5.95 Å². The maximum atomic E-state index is 9.45. The van der Waals surface area contributed by atoms with Gasteiger partial charge in [0.05, 0.1) is 5.69 Å². The highest BCUT2D eigenvalue weighted by atomic mass is 16.3. The van der Waals surface area contributed by atoms with Gasteiger partial charge in [0.1, 0.15) is 11.6 Å². The van der Waals surface area contributed by atoms with Crippen LogP contribution in [-0.2, 0) is 0 Å². The summed E-state index contributed by atoms with van der Waals surface area (Å²) in [4.78, 5) is 11.4. The summed E-state index contributed by atoms with van der Waals surface area (Å²) in [6.07, 6.45) is 1.01. The van der Waals surface area contributed by atoms with Gasteiger partial charge in [-0.15, -0.1) is 0 Å². The number of aromatic nitrogens is 2. The van der Waals surface area contributed by atoms with E-state index in [2.05, 4.69) is 39.6 Å². The van der Waals surface area contributed by atoms with Gasteiger partial charge in [-0.1, -0.05) is 30.3 Å². The van der Waals surface area contributed by atoms with E-state index in [9.17, 15) is 5.11 Å². The lowest BCUT2D eigenvalue weighted by molar-refractivity contribution is 0.405. The summed E-state index contributed by atoms with van der Waals surface area (Å²) in [6, 6.07) is 18.9. The van der Waals surface area contributed by atoms with Gasteiger partial charge in [0.15, 0.2) is 0 Å². The molecule has 0 bridgehead atoms. The molecule has 2 aromatic carbocycles. The maximum Gasteiger partial charge on any atom is 0.225 e. The molecule has 0 unspecified atom stereocenters. The second-order valence-corrected chi connectivity index (χ2v) is 6.58. The fourth-order valence-electron chi connectivity index (χ4n) is 2.64. The zero-order chi connectivity index (χ0) is 19.1. The van der Waals surface area contributed by atoms with E-state index in [0.29, 0.717) is 11.8 Å². The van der Waals surface area contributed by atoms with Crippen molar-refractivity contribution >= 4 is 17.5 Å². The SMILES string of the molecule is CN(C)CCCNc1nc(Nc2ccc(O)cc2)cc(-c2ccccc2)n1. The van der Waals surface area contributed by atoms with Crippen LogP contribution in [0.3, 0.4) is 0 Å². The van der Waals surface area contributed by atoms with E-state index in [1.807, 2.05) is 48.5 Å². The first-order valence-electron chi connectivity index (χ1n) is 8.99. The molecule has 140 valence electrons. The van der Waals surface area contributed by atoms with Crippen molar-refractivity contribution in [3.05, 3.63) is 60.7 Å². The summed E-state index contributed by atoms with van der Waals surface area (Å²) in [5.41, 5.74) is 2.73. The summed E-state index contributed by atoms with van der Waals surface area (Å²) in [6.45, 7) is 1.80. The van der Waals surface area contributed by atoms with Crippen LogP contribution in [0.2, 0.25) is 0 Å². The number of aromatic hydroxyl groups is 1. The maximum absolute atomic E-state index is 9.45. The molecule has 6 heteroatoms. The first kappa shape index (κ1) is 18.7. The summed E-state index contributed by atoms with van der Waals surface area (Å²) in [5, 5.41) is 16.0. The van der Waals surface area contributed by atoms with Crippen LogP contribution < -0.4 is 10.6 Å². The average molecular weight is 363 g/mol. The lowest BCUT2D eigenvalue weighted by atomic mass is 10.1. The molecule has 0 spiro atoms. The van der Waals surface area contributed by atoms with Crippen molar-refractivity contribution in [2.24, 2.45) is 0 Å². The lowest BCUT2D eigenvalue weighted by Crippen LogP contribution is -2.17. The normalized spacial score (nSPS) is 10.8. The first-order chi connectivity index (χ1) is 13.1. The first-order valence-corrected chi connectivity index (χ1v) is 8.99. The van der Waals surface area contributed by atoms with E-state index < -0.39 is 0 Å². The van der Waals surface area contributed by atoms with E-state index in [0.717, 1.165) is 36.5 Å². The number of nitrogens with zero attached hydrogens (tertiary/aromatic N) is 3. The molecule has 1 heterocycles. The van der Waals surface area contributed by atoms with Crippen LogP contribution >= 0.6 is 0 Å². The Balaban J connectivity index is 1.82. The van der Waals surface area contributed by atoms with Crippen LogP contribution in [0.1, 0.15) is 6.42 Å². The summed E-state index contributed by atoms with van der Waals surface area (Å²) in [5.74, 6) is 1.53. The highest BCUT2D eigenvalue weighted by molar-refractivity contribution is 5.67. The zero-order valence-electron chi connectivity index (χ0n) is 15.7. The van der Waals surface area contributed by atoms with Gasteiger partial charge in [-0.05, 0) is 51.3 Å². The third kappa shape index (κ3) is 5.69. The molecule has 0 saturated heterocycles. The Morgan fingerprint density at radius 3 is 2.41 bits per heavy atom. The minimum absolute atomic E-state index is 0.233. The van der Waals surface area contributed by atoms with Gasteiger partial charge in [-0.25, -0.2) is 4.98 Å². The fourth-order valence-corrected chi connectivity index (χ4v) is 2.64. The number of hydrogen-bond donors (Lipinski definition) is 3. The monoisotopic (exact) mass is 363 g/mol. The van der Waals surface area contributed by atoms with Crippen LogP contribution in [0, 0.1) is 0 Å². The molecule has 0 radical (unpaired) electrons. The predicted octanol–water partition coefficient (Wildman–Crippen LogP) is 3.96. The van der Waals surface area contributed by atoms with Crippen LogP contribution in [0.4, 0.5) is 17.5 Å². The van der Waals surface area contributed by atoms with Crippen molar-refractivity contribution in [2.75, 3.05) is 37.8 Å². The molecule has 3 aromatic rings. The standard InChI is InChI=1S/C21H25N5O/c1-26(2)14-6-13-22-21-24-19(16-7-4-3-5-8-16)15-20(25-21)23-17-9-11-18(27)12-10-17/h3-5,7-12,15,27H,6,13-14H2,1-2H3,(H2,22,23,24,25). The van der Waals surface area contributed by atoms with Crippen LogP contribution in [0.25, 0.3) is 11.3 Å². The number of phenols is 1. The second-order valence-electron chi connectivity index (χ2n) is 6.58. The van der Waals surface area contributed by atoms with Gasteiger partial charge >= 0.3 is 0 Å². The van der Waals surface area contributed by atoms with Crippen molar-refractivity contribution in [3.63, 3.8) is 0 Å². The van der Waals surface area contributed by atoms with Crippen molar-refractivity contribution in [3.8, 4) is 17.0 Å². The molecular formula is C21H25N5O. The van der Waals surface area contributed by atoms with Crippen LogP contribution in [0.15, 0.2) is 60.7 Å². The van der Waals surface area contributed by atoms with E-state index >= 15 is 0 Å². The number of hydrogen-bond acceptors (Lipinski definition) is 6. The van der Waals surface area contributed by atoms with E-state index in [1.54, 1.807) is 12.1 Å². The molecule has 0 fully saturated rings. The van der Waals surface area contributed by atoms with Crippen molar-refractivity contribution in [1.82, 2.24) is 14.9 Å². The Hall–Kier alpha value is -3.12. The Morgan fingerprint density at radius 1 is 0.963 bits per heavy atom. The molecule has 0 aliphatic heterocycles. The van der Waals surface area contributed by atoms with Gasteiger partial charge in [-0.2, -0.15) is 4.98 Å². The van der Waals surface area contributed by atoms with Crippen molar-refractivity contribution in [1.29, 1.82) is 0 Å². The molecule has 0 atom stereocenters. The zero-order valence-corrected chi connectivity index (χ0v) is 15.7. The molecule has 0 amide bonds. The van der Waals surface area contributed by atoms with Crippen molar-refractivity contribution in [2.45, 2.75) is 6.42 Å². The molecule has 0 aliphatic carbocycles. The molecule has 3 N–H and O–H groups in total. The summed E-state index contributed by atoms with van der Waals surface area (Å²) >= 11 is 0. The highest BCUT2D eigenvalue weighted by Gasteiger charge is 2.07. The Kier molecular flexibility index (Phi) is 6.22. The smallest absolute Gasteiger partial charge is 0.225 e. The summed E-state index contributed by atoms with van der Waals surface area (Å²) in [7, 11) is 4.12. The Bertz CT molecular complexity index is 850. The molecule has 0 aliphatic rings. The minimum Gasteiger partial charge on any atom is -0.508 e. The van der Waals surface area contributed by atoms with Gasteiger partial charge in [0, 0.05) is 23.9 Å². The van der Waals surface area contributed by atoms with Gasteiger partial charge in [0.25, 0.3) is 0 Å². The quantitative estimate of drug-likeness (QED) is 0.416. The van der Waals surface area contributed by atoms with Crippen LogP contribution in [0.5, 0.6) is 5.75 Å². The number of benzene rings is 2. The Labute approximate surface area is 159 Å². The second kappa shape index (κ2) is 9.00. The van der Waals surface area contributed by atoms with E-state index in [4.69, 9.17) is 0 Å². The number of anilines is 3. The molecule has 1 aromatic heterocycles. The van der Waals surface area contributed by atoms with Gasteiger partial charge < -0.3 is 20.6 Å². The number of nitrogens with one attached hydrogen (secondary N) is 2. The molecule has 6 nitrogen and oxygen atoms in total. The number of rotatable bonds is 8. The van der Waals surface area contributed by atoms with Gasteiger partial charge in [-0.3, -0.25) is 0 Å². The molecular weight excluding hydrogens is 338 g/mol. The largest absolute Gasteiger partial charge is 0.508 e. The third-order valence-electron chi connectivity index (χ3n) is 4.00. The predicted molar refractivity (Wildman–Crippen MR) is 111 cm³/mol. The minimum atomic E-state index is 0.233. The summed E-state index contributed by atoms with van der Waals surface area (Å²) < 4.78 is 0. The Morgan fingerprint density at radius 2 is 1.70 bits per heavy atom. The van der Waals surface area contributed by atoms with E-state index in [1.165, 1.54) is 0 Å². The van der Waals surface area contributed by atoms with E-state index in [-0.39, 0.29) is 5.75 Å². The molecule has 27 heavy (non-hydrogen) atoms. The highest BCUT2D eigenvalue weighted by Crippen LogP contribution is 2.24. The van der Waals surface area contributed by atoms with Crippen LogP contribution in [-0.4, -0.2) is 47.2 Å². The lowest BCUT2D eigenvalue weighted by Gasteiger charge is -2.13. The number of phenolic OH excluding ortho intramolecular Hbond substituents is 1. The average Bonchev–Trinajstić information content (AvgIpc) is 2.67. The topological polar surface area (TPSA) is 73.3 Å². The van der Waals surface area contributed by atoms with Crippen molar-refractivity contribution < 1.29 is 5.11 Å². The molecule has 3 rings (SSSR count).